The number of benzene rings is 6. The molecule has 9 aromatic rings. The Labute approximate surface area is 328 Å². The summed E-state index contributed by atoms with van der Waals surface area (Å²) in [6, 6.07) is 56.6. The summed E-state index contributed by atoms with van der Waals surface area (Å²) < 4.78 is 24.0. The third kappa shape index (κ3) is 7.84. The van der Waals surface area contributed by atoms with E-state index in [0.29, 0.717) is 5.56 Å². The molecule has 0 aliphatic heterocycles. The number of pyridine rings is 2. The van der Waals surface area contributed by atoms with Crippen LogP contribution in [0.15, 0.2) is 168 Å². The third-order valence-corrected chi connectivity index (χ3v) is 11.2. The van der Waals surface area contributed by atoms with Crippen molar-refractivity contribution in [1.29, 1.82) is 0 Å². The molecule has 3 heterocycles. The van der Waals surface area contributed by atoms with Crippen LogP contribution < -0.4 is 5.19 Å². The van der Waals surface area contributed by atoms with Crippen LogP contribution in [0, 0.1) is 12.1 Å². The molecule has 6 aromatic carbocycles. The molecule has 5 heteroatoms. The largest absolute Gasteiger partial charge is 0.501 e. The summed E-state index contributed by atoms with van der Waals surface area (Å²) in [5, 5.41) is 5.53. The van der Waals surface area contributed by atoms with Crippen LogP contribution in [0.25, 0.3) is 66.4 Å². The molecule has 0 unspecified atom stereocenters. The van der Waals surface area contributed by atoms with Crippen LogP contribution >= 0.6 is 0 Å². The fraction of sp³-hybridized carbons (Fsp3) is 0.0833. The first-order valence-electron chi connectivity index (χ1n) is 18.5. The molecule has 0 fully saturated rings. The molecule has 53 heavy (non-hydrogen) atoms. The van der Waals surface area contributed by atoms with E-state index in [9.17, 15) is 0 Å². The maximum atomic E-state index is 8.84. The molecule has 0 aliphatic carbocycles. The zero-order valence-electron chi connectivity index (χ0n) is 31.7. The Hall–Kier alpha value is -5.45. The quantitative estimate of drug-likeness (QED) is 0.123. The number of nitrogens with zero attached hydrogens (tertiary/aromatic N) is 2. The van der Waals surface area contributed by atoms with E-state index in [0.717, 1.165) is 71.5 Å². The standard InChI is InChI=1S/C27H16NO.C21H22NSi.Ir/c1-2-7-18(8-3-1)20-13-14-22-23-11-6-12-24(27(23)29-26(22)16-20)25-15-19-9-4-5-10-21(19)17-28-25;1-23(2,3)21-16-22-20(18-12-8-5-9-13-18)15-19(21)14-17-10-6-4-7-11-17;/h1-11,13-17H;4-12,15-16H,14H2,1-3H3;/q2*-1;/i;14D2;. The molecule has 261 valence electrons. The first-order chi connectivity index (χ1) is 26.2. The Morgan fingerprint density at radius 2 is 1.34 bits per heavy atom. The van der Waals surface area contributed by atoms with Gasteiger partial charge in [-0.3, -0.25) is 0 Å². The predicted octanol–water partition coefficient (Wildman–Crippen LogP) is 12.0. The maximum Gasteiger partial charge on any atom is 0.121 e. The Kier molecular flexibility index (Phi) is 9.86. The number of aromatic nitrogens is 2. The second kappa shape index (κ2) is 15.7. The van der Waals surface area contributed by atoms with Crippen LogP contribution in [0.3, 0.4) is 0 Å². The first kappa shape index (κ1) is 33.4. The number of rotatable bonds is 6. The molecular formula is C48H38IrN2OSi-2. The van der Waals surface area contributed by atoms with Crippen molar-refractivity contribution < 1.29 is 27.3 Å². The molecule has 0 saturated heterocycles. The zero-order chi connectivity index (χ0) is 37.3. The molecule has 0 atom stereocenters. The van der Waals surface area contributed by atoms with Gasteiger partial charge in [0.25, 0.3) is 0 Å². The molecule has 1 radical (unpaired) electrons. The summed E-state index contributed by atoms with van der Waals surface area (Å²) in [5.74, 6) is 0. The van der Waals surface area contributed by atoms with Gasteiger partial charge in [0.05, 0.1) is 13.7 Å². The fourth-order valence-corrected chi connectivity index (χ4v) is 7.89. The van der Waals surface area contributed by atoms with Crippen LogP contribution in [-0.2, 0) is 26.5 Å². The van der Waals surface area contributed by atoms with Gasteiger partial charge < -0.3 is 14.4 Å². The minimum absolute atomic E-state index is 0. The molecule has 0 aliphatic rings. The molecule has 9 rings (SSSR count). The molecule has 0 amide bonds. The van der Waals surface area contributed by atoms with Crippen LogP contribution in [-0.4, -0.2) is 18.0 Å². The molecule has 0 bridgehead atoms. The predicted molar refractivity (Wildman–Crippen MR) is 219 cm³/mol. The number of hydrogen-bond donors (Lipinski definition) is 0. The van der Waals surface area contributed by atoms with E-state index in [1.807, 2.05) is 97.3 Å². The van der Waals surface area contributed by atoms with Crippen LogP contribution in [0.2, 0.25) is 19.6 Å². The van der Waals surface area contributed by atoms with E-state index in [4.69, 9.17) is 7.16 Å². The Bertz CT molecular complexity index is 2730. The van der Waals surface area contributed by atoms with Gasteiger partial charge in [-0.1, -0.05) is 145 Å². The number of hydrogen-bond acceptors (Lipinski definition) is 3. The van der Waals surface area contributed by atoms with Crippen molar-refractivity contribution in [2.75, 3.05) is 0 Å². The first-order valence-corrected chi connectivity index (χ1v) is 21.0. The van der Waals surface area contributed by atoms with Gasteiger partial charge in [-0.05, 0) is 56.5 Å². The minimum Gasteiger partial charge on any atom is -0.501 e. The van der Waals surface area contributed by atoms with Crippen molar-refractivity contribution in [1.82, 2.24) is 9.97 Å². The normalized spacial score (nSPS) is 12.1. The SMILES string of the molecule is [2H]C([2H])(c1ccccc1)c1cc(-c2[c-]cccc2)ncc1[Si](C)(C)C.[Ir].[c-]1ccc2c(oc3cc(-c4ccccc4)ccc32)c1-c1cc2ccccc2cn1. The van der Waals surface area contributed by atoms with Gasteiger partial charge >= 0.3 is 0 Å². The van der Waals surface area contributed by atoms with Gasteiger partial charge in [0, 0.05) is 40.6 Å². The van der Waals surface area contributed by atoms with E-state index < -0.39 is 14.4 Å². The Balaban J connectivity index is 0.000000168. The maximum absolute atomic E-state index is 8.84. The molecular weight excluding hydrogens is 841 g/mol. The van der Waals surface area contributed by atoms with E-state index in [1.54, 1.807) is 0 Å². The summed E-state index contributed by atoms with van der Waals surface area (Å²) in [6.07, 6.45) is 2.22. The second-order valence-electron chi connectivity index (χ2n) is 13.8. The average Bonchev–Trinajstić information content (AvgIpc) is 3.59. The van der Waals surface area contributed by atoms with Crippen molar-refractivity contribution in [2.24, 2.45) is 0 Å². The molecule has 3 aromatic heterocycles. The molecule has 3 nitrogen and oxygen atoms in total. The van der Waals surface area contributed by atoms with Crippen molar-refractivity contribution in [3.05, 3.63) is 187 Å². The molecule has 0 saturated carbocycles. The number of furan rings is 1. The fourth-order valence-electron chi connectivity index (χ4n) is 6.50. The van der Waals surface area contributed by atoms with Crippen LogP contribution in [0.5, 0.6) is 0 Å². The van der Waals surface area contributed by atoms with Gasteiger partial charge in [-0.25, -0.2) is 0 Å². The van der Waals surface area contributed by atoms with Crippen molar-refractivity contribution in [2.45, 2.75) is 26.0 Å². The second-order valence-corrected chi connectivity index (χ2v) is 18.9. The van der Waals surface area contributed by atoms with E-state index >= 15 is 0 Å². The third-order valence-electron chi connectivity index (χ3n) is 9.18. The van der Waals surface area contributed by atoms with Crippen molar-refractivity contribution in [3.63, 3.8) is 0 Å². The topological polar surface area (TPSA) is 38.9 Å². The van der Waals surface area contributed by atoms with Crippen molar-refractivity contribution in [3.8, 4) is 33.6 Å². The van der Waals surface area contributed by atoms with Gasteiger partial charge in [-0.2, -0.15) is 0 Å². The van der Waals surface area contributed by atoms with Crippen LogP contribution in [0.1, 0.15) is 13.9 Å². The Morgan fingerprint density at radius 3 is 2.09 bits per heavy atom. The van der Waals surface area contributed by atoms with E-state index in [2.05, 4.69) is 108 Å². The molecule has 0 N–H and O–H groups in total. The monoisotopic (exact) mass is 881 g/mol. The number of fused-ring (bicyclic) bond motifs is 4. The summed E-state index contributed by atoms with van der Waals surface area (Å²) in [5.41, 5.74) is 8.83. The van der Waals surface area contributed by atoms with E-state index in [1.165, 1.54) is 5.56 Å². The van der Waals surface area contributed by atoms with Gasteiger partial charge in [0.1, 0.15) is 5.58 Å². The smallest absolute Gasteiger partial charge is 0.121 e. The summed E-state index contributed by atoms with van der Waals surface area (Å²) >= 11 is 0. The van der Waals surface area contributed by atoms with Crippen molar-refractivity contribution >= 4 is 46.0 Å². The van der Waals surface area contributed by atoms with Crippen LogP contribution in [0.4, 0.5) is 0 Å². The summed E-state index contributed by atoms with van der Waals surface area (Å²) in [4.78, 5) is 9.29. The van der Waals surface area contributed by atoms with Gasteiger partial charge in [0.2, 0.25) is 0 Å². The van der Waals surface area contributed by atoms with Gasteiger partial charge in [0.15, 0.2) is 0 Å². The Morgan fingerprint density at radius 1 is 0.623 bits per heavy atom. The molecule has 0 spiro atoms. The summed E-state index contributed by atoms with van der Waals surface area (Å²) in [7, 11) is -1.76. The zero-order valence-corrected chi connectivity index (χ0v) is 33.1. The summed E-state index contributed by atoms with van der Waals surface area (Å²) in [6.45, 7) is 6.68. The van der Waals surface area contributed by atoms with Gasteiger partial charge in [-0.15, -0.1) is 54.1 Å². The minimum atomic E-state index is -1.76. The average molecular weight is 881 g/mol. The van der Waals surface area contributed by atoms with E-state index in [-0.39, 0.29) is 20.1 Å².